The number of nitrogens with two attached hydrogens (primary N) is 1. The number of nitrogens with zero attached hydrogens (tertiary/aromatic N) is 5. The van der Waals surface area contributed by atoms with Gasteiger partial charge in [0.15, 0.2) is 5.84 Å². The van der Waals surface area contributed by atoms with Crippen LogP contribution in [0.25, 0.3) is 22.1 Å². The number of benzene rings is 2. The summed E-state index contributed by atoms with van der Waals surface area (Å²) in [7, 11) is 0. The van der Waals surface area contributed by atoms with Crippen molar-refractivity contribution in [2.45, 2.75) is 0 Å². The minimum atomic E-state index is 0.136. The molecule has 0 bridgehead atoms. The molecule has 0 saturated carbocycles. The van der Waals surface area contributed by atoms with E-state index in [-0.39, 0.29) is 5.84 Å². The number of amidine groups is 2. The molecule has 0 spiro atoms. The number of hydrogen-bond acceptors (Lipinski definition) is 4. The molecule has 5 rings (SSSR count). The Labute approximate surface area is 142 Å². The van der Waals surface area contributed by atoms with Gasteiger partial charge in [0.05, 0.1) is 22.5 Å². The van der Waals surface area contributed by atoms with Crippen molar-refractivity contribution in [3.05, 3.63) is 72.3 Å². The van der Waals surface area contributed by atoms with Crippen LogP contribution in [-0.2, 0) is 0 Å². The molecule has 25 heavy (non-hydrogen) atoms. The summed E-state index contributed by atoms with van der Waals surface area (Å²) in [5.41, 5.74) is 9.22. The largest absolute Gasteiger partial charge is 0.383 e. The molecule has 4 aromatic rings. The molecule has 1 aliphatic rings. The standard InChI is InChI=1S/C18H13N7/c19-17-13-14(18(20)23-17)16(25-10-4-8-22-25)12-6-2-1-5-11(12)15(13)24-9-3-7-21-24/h1-10H,(H3,19,20,23). The van der Waals surface area contributed by atoms with Crippen molar-refractivity contribution >= 4 is 22.4 Å². The Hall–Kier alpha value is -3.74. The maximum absolute atomic E-state index is 8.36. The van der Waals surface area contributed by atoms with Gasteiger partial charge in [-0.1, -0.05) is 24.3 Å². The number of hydrogen-bond donors (Lipinski definition) is 2. The van der Waals surface area contributed by atoms with Crippen LogP contribution in [0.4, 0.5) is 0 Å². The van der Waals surface area contributed by atoms with E-state index in [1.807, 2.05) is 48.8 Å². The maximum Gasteiger partial charge on any atom is 0.157 e. The Kier molecular flexibility index (Phi) is 2.67. The van der Waals surface area contributed by atoms with Gasteiger partial charge >= 0.3 is 0 Å². The fourth-order valence-corrected chi connectivity index (χ4v) is 3.39. The third-order valence-electron chi connectivity index (χ3n) is 4.35. The second-order valence-electron chi connectivity index (χ2n) is 5.74. The average Bonchev–Trinajstić information content (AvgIpc) is 3.36. The SMILES string of the molecule is N=C1N=C(N)c2c1c(-n1cccn1)c1ccccc1c2-n1cccn1. The third kappa shape index (κ3) is 1.80. The van der Waals surface area contributed by atoms with Crippen LogP contribution in [-0.4, -0.2) is 31.2 Å². The molecule has 7 heteroatoms. The summed E-state index contributed by atoms with van der Waals surface area (Å²) in [6, 6.07) is 11.7. The highest BCUT2D eigenvalue weighted by Gasteiger charge is 2.30. The van der Waals surface area contributed by atoms with Crippen molar-refractivity contribution in [2.24, 2.45) is 10.7 Å². The predicted molar refractivity (Wildman–Crippen MR) is 95.7 cm³/mol. The fourth-order valence-electron chi connectivity index (χ4n) is 3.39. The molecule has 2 aromatic heterocycles. The summed E-state index contributed by atoms with van der Waals surface area (Å²) < 4.78 is 3.53. The van der Waals surface area contributed by atoms with E-state index in [1.165, 1.54) is 0 Å². The first-order valence-corrected chi connectivity index (χ1v) is 7.78. The van der Waals surface area contributed by atoms with Crippen molar-refractivity contribution < 1.29 is 0 Å². The van der Waals surface area contributed by atoms with Gasteiger partial charge in [-0.3, -0.25) is 5.41 Å². The van der Waals surface area contributed by atoms with E-state index in [0.29, 0.717) is 11.4 Å². The Morgan fingerprint density at radius 1 is 0.800 bits per heavy atom. The number of fused-ring (bicyclic) bond motifs is 2. The van der Waals surface area contributed by atoms with E-state index >= 15 is 0 Å². The van der Waals surface area contributed by atoms with Gasteiger partial charge in [-0.05, 0) is 12.1 Å². The zero-order valence-electron chi connectivity index (χ0n) is 13.1. The van der Waals surface area contributed by atoms with Crippen LogP contribution in [0.15, 0.2) is 66.2 Å². The molecule has 0 fully saturated rings. The number of aromatic nitrogens is 4. The molecule has 7 nitrogen and oxygen atoms in total. The molecule has 3 heterocycles. The molecular weight excluding hydrogens is 314 g/mol. The Balaban J connectivity index is 2.04. The van der Waals surface area contributed by atoms with Crippen LogP contribution in [0.5, 0.6) is 0 Å². The average molecular weight is 327 g/mol. The molecule has 2 aromatic carbocycles. The summed E-state index contributed by atoms with van der Waals surface area (Å²) in [5.74, 6) is 0.460. The smallest absolute Gasteiger partial charge is 0.157 e. The molecular formula is C18H13N7. The molecule has 0 radical (unpaired) electrons. The monoisotopic (exact) mass is 327 g/mol. The summed E-state index contributed by atoms with van der Waals surface area (Å²) in [5, 5.41) is 19.1. The van der Waals surface area contributed by atoms with Crippen molar-refractivity contribution in [2.75, 3.05) is 0 Å². The molecule has 0 saturated heterocycles. The van der Waals surface area contributed by atoms with Gasteiger partial charge in [0.2, 0.25) is 0 Å². The topological polar surface area (TPSA) is 97.9 Å². The van der Waals surface area contributed by atoms with E-state index in [0.717, 1.165) is 27.7 Å². The minimum Gasteiger partial charge on any atom is -0.383 e. The van der Waals surface area contributed by atoms with Gasteiger partial charge in [-0.25, -0.2) is 14.4 Å². The van der Waals surface area contributed by atoms with Crippen LogP contribution < -0.4 is 5.73 Å². The van der Waals surface area contributed by atoms with E-state index in [4.69, 9.17) is 11.1 Å². The van der Waals surface area contributed by atoms with Gasteiger partial charge in [0.25, 0.3) is 0 Å². The van der Waals surface area contributed by atoms with E-state index in [1.54, 1.807) is 21.8 Å². The third-order valence-corrected chi connectivity index (χ3v) is 4.35. The van der Waals surface area contributed by atoms with E-state index in [2.05, 4.69) is 15.2 Å². The second kappa shape index (κ2) is 4.88. The molecule has 0 aliphatic carbocycles. The zero-order valence-corrected chi connectivity index (χ0v) is 13.1. The van der Waals surface area contributed by atoms with Gasteiger partial charge in [-0.2, -0.15) is 10.2 Å². The van der Waals surface area contributed by atoms with Crippen molar-refractivity contribution in [3.8, 4) is 11.4 Å². The first-order chi connectivity index (χ1) is 12.3. The van der Waals surface area contributed by atoms with Crippen LogP contribution in [0.3, 0.4) is 0 Å². The normalized spacial score (nSPS) is 13.3. The summed E-state index contributed by atoms with van der Waals surface area (Å²) in [4.78, 5) is 4.22. The number of rotatable bonds is 2. The summed E-state index contributed by atoms with van der Waals surface area (Å²) in [6.45, 7) is 0. The fraction of sp³-hybridized carbons (Fsp3) is 0. The number of nitrogens with one attached hydrogen (secondary N) is 1. The van der Waals surface area contributed by atoms with Crippen LogP contribution in [0, 0.1) is 5.41 Å². The molecule has 0 amide bonds. The summed E-state index contributed by atoms with van der Waals surface area (Å²) >= 11 is 0. The van der Waals surface area contributed by atoms with Crippen molar-refractivity contribution in [1.82, 2.24) is 19.6 Å². The highest BCUT2D eigenvalue weighted by atomic mass is 15.3. The minimum absolute atomic E-state index is 0.136. The molecule has 0 unspecified atom stereocenters. The molecule has 3 N–H and O–H groups in total. The predicted octanol–water partition coefficient (Wildman–Crippen LogP) is 2.26. The molecule has 120 valence electrons. The van der Waals surface area contributed by atoms with Gasteiger partial charge in [0.1, 0.15) is 5.84 Å². The van der Waals surface area contributed by atoms with Crippen molar-refractivity contribution in [1.29, 1.82) is 5.41 Å². The van der Waals surface area contributed by atoms with Gasteiger partial charge in [-0.15, -0.1) is 0 Å². The van der Waals surface area contributed by atoms with Crippen molar-refractivity contribution in [3.63, 3.8) is 0 Å². The first kappa shape index (κ1) is 13.7. The lowest BCUT2D eigenvalue weighted by atomic mass is 9.95. The van der Waals surface area contributed by atoms with E-state index < -0.39 is 0 Å². The first-order valence-electron chi connectivity index (χ1n) is 7.78. The zero-order chi connectivity index (χ0) is 17.0. The second-order valence-corrected chi connectivity index (χ2v) is 5.74. The highest BCUT2D eigenvalue weighted by molar-refractivity contribution is 6.27. The lowest BCUT2D eigenvalue weighted by Gasteiger charge is -2.18. The Bertz CT molecular complexity index is 1150. The Morgan fingerprint density at radius 2 is 1.36 bits per heavy atom. The van der Waals surface area contributed by atoms with Crippen LogP contribution in [0.2, 0.25) is 0 Å². The number of aliphatic imine (C=N–C) groups is 1. The van der Waals surface area contributed by atoms with Crippen LogP contribution >= 0.6 is 0 Å². The van der Waals surface area contributed by atoms with E-state index in [9.17, 15) is 0 Å². The summed E-state index contributed by atoms with van der Waals surface area (Å²) in [6.07, 6.45) is 7.16. The highest BCUT2D eigenvalue weighted by Crippen LogP contribution is 2.37. The van der Waals surface area contributed by atoms with Gasteiger partial charge in [0, 0.05) is 35.6 Å². The Morgan fingerprint density at radius 3 is 1.88 bits per heavy atom. The lowest BCUT2D eigenvalue weighted by Crippen LogP contribution is -2.17. The van der Waals surface area contributed by atoms with Gasteiger partial charge < -0.3 is 5.73 Å². The molecule has 0 atom stereocenters. The maximum atomic E-state index is 8.36. The lowest BCUT2D eigenvalue weighted by molar-refractivity contribution is 0.872. The quantitative estimate of drug-likeness (QED) is 0.591. The molecule has 1 aliphatic heterocycles. The van der Waals surface area contributed by atoms with Crippen LogP contribution in [0.1, 0.15) is 11.1 Å².